The Morgan fingerprint density at radius 3 is 2.72 bits per heavy atom. The van der Waals surface area contributed by atoms with Crippen molar-refractivity contribution in [2.45, 2.75) is 33.0 Å². The van der Waals surface area contributed by atoms with Gasteiger partial charge in [-0.25, -0.2) is 0 Å². The number of hydrogen-bond acceptors (Lipinski definition) is 5. The van der Waals surface area contributed by atoms with E-state index in [9.17, 15) is 9.59 Å². The van der Waals surface area contributed by atoms with Gasteiger partial charge in [0, 0.05) is 36.4 Å². The number of amides is 1. The number of benzene rings is 2. The number of methoxy groups -OCH3 is 1. The lowest BCUT2D eigenvalue weighted by atomic mass is 10.1. The first kappa shape index (κ1) is 23.4. The van der Waals surface area contributed by atoms with Gasteiger partial charge >= 0.3 is 0 Å². The summed E-state index contributed by atoms with van der Waals surface area (Å²) in [5, 5.41) is 6.75. The zero-order valence-electron chi connectivity index (χ0n) is 18.1. The average Bonchev–Trinajstić information content (AvgIpc) is 2.80. The topological polar surface area (TPSA) is 109 Å². The lowest BCUT2D eigenvalue weighted by Crippen LogP contribution is -2.29. The number of ether oxygens (including phenoxy) is 1. The molecule has 0 aliphatic heterocycles. The molecule has 168 valence electrons. The van der Waals surface area contributed by atoms with Gasteiger partial charge in [0.25, 0.3) is 5.56 Å². The highest BCUT2D eigenvalue weighted by molar-refractivity contribution is 6.30. The molecule has 1 amide bonds. The number of aromatic nitrogens is 1. The number of nitrogens with one attached hydrogen (secondary N) is 3. The van der Waals surface area contributed by atoms with Gasteiger partial charge in [-0.15, -0.1) is 0 Å². The van der Waals surface area contributed by atoms with Crippen LogP contribution < -0.4 is 26.7 Å². The molecule has 0 aliphatic rings. The molecule has 1 aromatic heterocycles. The fourth-order valence-electron chi connectivity index (χ4n) is 3.42. The first-order valence-electron chi connectivity index (χ1n) is 10.2. The van der Waals surface area contributed by atoms with Crippen molar-refractivity contribution < 1.29 is 9.53 Å². The molecule has 3 rings (SSSR count). The normalized spacial score (nSPS) is 10.6. The molecule has 0 radical (unpaired) electrons. The molecule has 0 aliphatic carbocycles. The molecular formula is C24H27ClN4O3. The highest BCUT2D eigenvalue weighted by atomic mass is 35.5. The Balaban J connectivity index is 1.68. The molecule has 8 heteroatoms. The molecule has 0 fully saturated rings. The van der Waals surface area contributed by atoms with E-state index >= 15 is 0 Å². The van der Waals surface area contributed by atoms with Crippen LogP contribution in [0, 0.1) is 6.92 Å². The van der Waals surface area contributed by atoms with Gasteiger partial charge in [0.15, 0.2) is 0 Å². The first-order chi connectivity index (χ1) is 15.4. The lowest BCUT2D eigenvalue weighted by molar-refractivity contribution is -0.120. The Bertz CT molecular complexity index is 1160. The zero-order chi connectivity index (χ0) is 23.1. The number of carbonyl (C=O) groups is 1. The van der Waals surface area contributed by atoms with Gasteiger partial charge in [-0.2, -0.15) is 0 Å². The Hall–Kier alpha value is -3.29. The smallest absolute Gasteiger partial charge is 0.252 e. The predicted molar refractivity (Wildman–Crippen MR) is 127 cm³/mol. The second-order valence-corrected chi connectivity index (χ2v) is 7.85. The quantitative estimate of drug-likeness (QED) is 0.396. The van der Waals surface area contributed by atoms with Gasteiger partial charge in [-0.3, -0.25) is 9.59 Å². The number of rotatable bonds is 9. The summed E-state index contributed by atoms with van der Waals surface area (Å²) in [6.07, 6.45) is 1.59. The van der Waals surface area contributed by atoms with Crippen molar-refractivity contribution in [2.75, 3.05) is 12.4 Å². The van der Waals surface area contributed by atoms with E-state index in [1.165, 1.54) is 0 Å². The minimum atomic E-state index is -0.282. The number of halogens is 1. The summed E-state index contributed by atoms with van der Waals surface area (Å²) in [6, 6.07) is 13.1. The number of hydrogen-bond donors (Lipinski definition) is 4. The Labute approximate surface area is 191 Å². The van der Waals surface area contributed by atoms with Gasteiger partial charge in [0.1, 0.15) is 5.75 Å². The van der Waals surface area contributed by atoms with Crippen LogP contribution in [0.3, 0.4) is 0 Å². The third-order valence-corrected chi connectivity index (χ3v) is 5.53. The van der Waals surface area contributed by atoms with E-state index in [0.717, 1.165) is 33.7 Å². The van der Waals surface area contributed by atoms with E-state index in [0.29, 0.717) is 23.7 Å². The second-order valence-electron chi connectivity index (χ2n) is 7.41. The highest BCUT2D eigenvalue weighted by Gasteiger charge is 2.14. The fourth-order valence-corrected chi connectivity index (χ4v) is 3.61. The van der Waals surface area contributed by atoms with Gasteiger partial charge in [-0.1, -0.05) is 29.8 Å². The summed E-state index contributed by atoms with van der Waals surface area (Å²) in [5.74, 6) is 0.517. The van der Waals surface area contributed by atoms with E-state index in [4.69, 9.17) is 22.1 Å². The molecule has 0 unspecified atom stereocenters. The van der Waals surface area contributed by atoms with Crippen molar-refractivity contribution >= 4 is 23.2 Å². The van der Waals surface area contributed by atoms with Crippen molar-refractivity contribution in [3.63, 3.8) is 0 Å². The summed E-state index contributed by atoms with van der Waals surface area (Å²) in [5.41, 5.74) is 10.2. The second kappa shape index (κ2) is 10.8. The predicted octanol–water partition coefficient (Wildman–Crippen LogP) is 3.28. The third-order valence-electron chi connectivity index (χ3n) is 5.30. The van der Waals surface area contributed by atoms with E-state index < -0.39 is 0 Å². The summed E-state index contributed by atoms with van der Waals surface area (Å²) >= 11 is 6.06. The van der Waals surface area contributed by atoms with Crippen molar-refractivity contribution in [2.24, 2.45) is 5.73 Å². The number of aromatic amines is 1. The molecule has 5 N–H and O–H groups in total. The van der Waals surface area contributed by atoms with Crippen LogP contribution in [0.1, 0.15) is 27.8 Å². The molecule has 3 aromatic rings. The maximum Gasteiger partial charge on any atom is 0.252 e. The van der Waals surface area contributed by atoms with Crippen molar-refractivity contribution in [1.29, 1.82) is 0 Å². The van der Waals surface area contributed by atoms with E-state index in [-0.39, 0.29) is 24.4 Å². The van der Waals surface area contributed by atoms with Crippen LogP contribution in [0.2, 0.25) is 5.02 Å². The molecule has 1 heterocycles. The molecule has 2 aromatic carbocycles. The molecule has 32 heavy (non-hydrogen) atoms. The van der Waals surface area contributed by atoms with Crippen LogP contribution in [-0.4, -0.2) is 18.0 Å². The lowest BCUT2D eigenvalue weighted by Gasteiger charge is -2.14. The van der Waals surface area contributed by atoms with E-state index in [1.54, 1.807) is 25.4 Å². The summed E-state index contributed by atoms with van der Waals surface area (Å²) < 4.78 is 5.25. The third kappa shape index (κ3) is 5.90. The van der Waals surface area contributed by atoms with Gasteiger partial charge in [-0.05, 0) is 53.4 Å². The number of pyridine rings is 1. The number of H-pyrrole nitrogens is 1. The molecule has 7 nitrogen and oxygen atoms in total. The van der Waals surface area contributed by atoms with Crippen LogP contribution in [0.25, 0.3) is 0 Å². The van der Waals surface area contributed by atoms with Crippen LogP contribution in [0.5, 0.6) is 5.75 Å². The van der Waals surface area contributed by atoms with Crippen LogP contribution in [-0.2, 0) is 30.8 Å². The van der Waals surface area contributed by atoms with Crippen LogP contribution in [0.15, 0.2) is 53.5 Å². The van der Waals surface area contributed by atoms with Crippen LogP contribution >= 0.6 is 11.6 Å². The molecule has 0 atom stereocenters. The monoisotopic (exact) mass is 454 g/mol. The van der Waals surface area contributed by atoms with Crippen LogP contribution in [0.4, 0.5) is 5.69 Å². The minimum absolute atomic E-state index is 0.0334. The SMILES string of the molecule is COc1cccc(CNc2c[nH]c(=O)c(CC(=O)NCc3cc(Cl)ccc3CN)c2C)c1. The van der Waals surface area contributed by atoms with E-state index in [1.807, 2.05) is 37.3 Å². The Kier molecular flexibility index (Phi) is 7.92. The molecular weight excluding hydrogens is 428 g/mol. The Morgan fingerprint density at radius 2 is 1.97 bits per heavy atom. The molecule has 0 spiro atoms. The molecule has 0 bridgehead atoms. The molecule has 0 saturated carbocycles. The highest BCUT2D eigenvalue weighted by Crippen LogP contribution is 2.19. The Morgan fingerprint density at radius 1 is 1.16 bits per heavy atom. The largest absolute Gasteiger partial charge is 0.497 e. The van der Waals surface area contributed by atoms with Crippen molar-refractivity contribution in [3.8, 4) is 5.75 Å². The number of nitrogens with two attached hydrogens (primary N) is 1. The first-order valence-corrected chi connectivity index (χ1v) is 10.6. The maximum atomic E-state index is 12.6. The van der Waals surface area contributed by atoms with Crippen molar-refractivity contribution in [1.82, 2.24) is 10.3 Å². The number of anilines is 1. The van der Waals surface area contributed by atoms with Gasteiger partial charge < -0.3 is 26.1 Å². The average molecular weight is 455 g/mol. The summed E-state index contributed by atoms with van der Waals surface area (Å²) in [6.45, 7) is 3.01. The summed E-state index contributed by atoms with van der Waals surface area (Å²) in [4.78, 5) is 27.7. The van der Waals surface area contributed by atoms with E-state index in [2.05, 4.69) is 15.6 Å². The van der Waals surface area contributed by atoms with Gasteiger partial charge in [0.05, 0.1) is 19.2 Å². The number of carbonyl (C=O) groups excluding carboxylic acids is 1. The summed E-state index contributed by atoms with van der Waals surface area (Å²) in [7, 11) is 1.62. The minimum Gasteiger partial charge on any atom is -0.497 e. The fraction of sp³-hybridized carbons (Fsp3) is 0.250. The maximum absolute atomic E-state index is 12.6. The molecule has 0 saturated heterocycles. The standard InChI is InChI=1S/C24H27ClN4O3/c1-15-21(10-23(30)28-13-18-9-19(25)7-6-17(18)11-26)24(31)29-14-22(15)27-12-16-4-3-5-20(8-16)32-2/h3-9,14,27H,10-13,26H2,1-2H3,(H,28,30)(H,29,31). The van der Waals surface area contributed by atoms with Gasteiger partial charge in [0.2, 0.25) is 5.91 Å². The van der Waals surface area contributed by atoms with Crippen molar-refractivity contribution in [3.05, 3.63) is 91.9 Å². The zero-order valence-corrected chi connectivity index (χ0v) is 18.9.